The Kier molecular flexibility index (Phi) is 7.00. The molecule has 0 radical (unpaired) electrons. The highest BCUT2D eigenvalue weighted by Crippen LogP contribution is 2.16. The highest BCUT2D eigenvalue weighted by Gasteiger charge is 2.07. The molecule has 0 heterocycles. The molecule has 2 amide bonds. The molecule has 2 aromatic carbocycles. The van der Waals surface area contributed by atoms with E-state index in [4.69, 9.17) is 4.84 Å². The van der Waals surface area contributed by atoms with Gasteiger partial charge >= 0.3 is 0 Å². The van der Waals surface area contributed by atoms with Gasteiger partial charge in [0.05, 0.1) is 4.92 Å². The minimum absolute atomic E-state index is 0.148. The van der Waals surface area contributed by atoms with Crippen molar-refractivity contribution in [2.24, 2.45) is 5.16 Å². The Hall–Kier alpha value is -3.75. The summed E-state index contributed by atoms with van der Waals surface area (Å²) in [4.78, 5) is 38.4. The lowest BCUT2D eigenvalue weighted by Crippen LogP contribution is -2.18. The SMILES string of the molecule is CCc1cccc(NC(=O)CO/N=C\C(=O)Nc2cccc([N+](=O)[O-])c2)c1. The molecule has 2 rings (SSSR count). The van der Waals surface area contributed by atoms with Crippen LogP contribution in [0.2, 0.25) is 0 Å². The first-order chi connectivity index (χ1) is 13.0. The molecular formula is C18H18N4O5. The molecule has 0 spiro atoms. The number of hydrogen-bond acceptors (Lipinski definition) is 6. The first-order valence-electron chi connectivity index (χ1n) is 8.07. The number of nitro groups is 1. The van der Waals surface area contributed by atoms with Crippen LogP contribution < -0.4 is 10.6 Å². The third-order valence-electron chi connectivity index (χ3n) is 3.38. The topological polar surface area (TPSA) is 123 Å². The average molecular weight is 370 g/mol. The molecule has 0 aliphatic heterocycles. The third-order valence-corrected chi connectivity index (χ3v) is 3.38. The molecule has 0 aromatic heterocycles. The summed E-state index contributed by atoms with van der Waals surface area (Å²) >= 11 is 0. The fraction of sp³-hybridized carbons (Fsp3) is 0.167. The van der Waals surface area contributed by atoms with Crippen molar-refractivity contribution in [2.45, 2.75) is 13.3 Å². The molecule has 0 bridgehead atoms. The number of oxime groups is 1. The van der Waals surface area contributed by atoms with Gasteiger partial charge in [-0.2, -0.15) is 0 Å². The smallest absolute Gasteiger partial charge is 0.271 e. The van der Waals surface area contributed by atoms with Gasteiger partial charge in [0, 0.05) is 23.5 Å². The summed E-state index contributed by atoms with van der Waals surface area (Å²) in [5.74, 6) is -1.06. The van der Waals surface area contributed by atoms with Crippen molar-refractivity contribution in [3.05, 3.63) is 64.2 Å². The highest BCUT2D eigenvalue weighted by atomic mass is 16.6. The largest absolute Gasteiger partial charge is 0.385 e. The van der Waals surface area contributed by atoms with Crippen LogP contribution in [0, 0.1) is 10.1 Å². The molecule has 9 nitrogen and oxygen atoms in total. The van der Waals surface area contributed by atoms with Crippen LogP contribution in [0.4, 0.5) is 17.1 Å². The number of nitro benzene ring substituents is 1. The maximum absolute atomic E-state index is 11.8. The van der Waals surface area contributed by atoms with Crippen LogP contribution in [-0.2, 0) is 20.8 Å². The van der Waals surface area contributed by atoms with Crippen molar-refractivity contribution < 1.29 is 19.3 Å². The number of amides is 2. The standard InChI is InChI=1S/C18H18N4O5/c1-2-13-5-3-6-14(9-13)21-18(24)12-27-19-11-17(23)20-15-7-4-8-16(10-15)22(25)26/h3-11H,2,12H2,1H3,(H,20,23)(H,21,24)/b19-11-. The fourth-order valence-corrected chi connectivity index (χ4v) is 2.12. The Morgan fingerprint density at radius 1 is 1.15 bits per heavy atom. The van der Waals surface area contributed by atoms with Crippen molar-refractivity contribution >= 4 is 35.1 Å². The Bertz CT molecular complexity index is 866. The van der Waals surface area contributed by atoms with E-state index in [1.807, 2.05) is 25.1 Å². The zero-order valence-electron chi connectivity index (χ0n) is 14.5. The predicted molar refractivity (Wildman–Crippen MR) is 101 cm³/mol. The number of benzene rings is 2. The predicted octanol–water partition coefficient (Wildman–Crippen LogP) is 2.74. The minimum atomic E-state index is -0.647. The van der Waals surface area contributed by atoms with Gasteiger partial charge < -0.3 is 15.5 Å². The Balaban J connectivity index is 1.77. The van der Waals surface area contributed by atoms with Crippen molar-refractivity contribution in [1.82, 2.24) is 0 Å². The van der Waals surface area contributed by atoms with E-state index in [0.717, 1.165) is 18.2 Å². The van der Waals surface area contributed by atoms with E-state index < -0.39 is 16.7 Å². The van der Waals surface area contributed by atoms with Gasteiger partial charge in [0.2, 0.25) is 0 Å². The summed E-state index contributed by atoms with van der Waals surface area (Å²) in [6.45, 7) is 1.65. The Morgan fingerprint density at radius 2 is 1.85 bits per heavy atom. The number of carbonyl (C=O) groups is 2. The van der Waals surface area contributed by atoms with Crippen molar-refractivity contribution in [3.63, 3.8) is 0 Å². The van der Waals surface area contributed by atoms with Crippen molar-refractivity contribution in [2.75, 3.05) is 17.2 Å². The molecule has 0 aliphatic rings. The lowest BCUT2D eigenvalue weighted by atomic mass is 10.1. The molecule has 140 valence electrons. The van der Waals surface area contributed by atoms with Crippen molar-refractivity contribution in [3.8, 4) is 0 Å². The van der Waals surface area contributed by atoms with Gasteiger partial charge in [0.1, 0.15) is 6.21 Å². The van der Waals surface area contributed by atoms with Crippen LogP contribution >= 0.6 is 0 Å². The third kappa shape index (κ3) is 6.58. The number of non-ortho nitro benzene ring substituents is 1. The van der Waals surface area contributed by atoms with E-state index in [1.165, 1.54) is 24.3 Å². The zero-order chi connectivity index (χ0) is 19.6. The number of anilines is 2. The summed E-state index contributed by atoms with van der Waals surface area (Å²) in [5, 5.41) is 19.2. The highest BCUT2D eigenvalue weighted by molar-refractivity contribution is 6.31. The quantitative estimate of drug-likeness (QED) is 0.420. The van der Waals surface area contributed by atoms with Crippen molar-refractivity contribution in [1.29, 1.82) is 0 Å². The van der Waals surface area contributed by atoms with Crippen LogP contribution in [0.3, 0.4) is 0 Å². The second kappa shape index (κ2) is 9.66. The van der Waals surface area contributed by atoms with Crippen LogP contribution in [-0.4, -0.2) is 29.6 Å². The lowest BCUT2D eigenvalue weighted by Gasteiger charge is -2.05. The van der Waals surface area contributed by atoms with E-state index in [9.17, 15) is 19.7 Å². The lowest BCUT2D eigenvalue weighted by molar-refractivity contribution is -0.384. The normalized spacial score (nSPS) is 10.4. The van der Waals surface area contributed by atoms with E-state index in [-0.39, 0.29) is 18.0 Å². The van der Waals surface area contributed by atoms with Gasteiger partial charge in [-0.05, 0) is 30.2 Å². The summed E-state index contributed by atoms with van der Waals surface area (Å²) in [7, 11) is 0. The first kappa shape index (κ1) is 19.6. The van der Waals surface area contributed by atoms with Crippen LogP contribution in [0.25, 0.3) is 0 Å². The first-order valence-corrected chi connectivity index (χ1v) is 8.07. The monoisotopic (exact) mass is 370 g/mol. The van der Waals surface area contributed by atoms with Gasteiger partial charge in [-0.15, -0.1) is 0 Å². The van der Waals surface area contributed by atoms with Crippen LogP contribution in [0.15, 0.2) is 53.7 Å². The Labute approximate surface area is 155 Å². The molecular weight excluding hydrogens is 352 g/mol. The molecule has 2 aromatic rings. The summed E-state index contributed by atoms with van der Waals surface area (Å²) in [5.41, 5.74) is 1.83. The average Bonchev–Trinajstić information content (AvgIpc) is 2.65. The number of rotatable bonds is 8. The van der Waals surface area contributed by atoms with Gasteiger partial charge in [0.25, 0.3) is 17.5 Å². The fourth-order valence-electron chi connectivity index (χ4n) is 2.12. The molecule has 0 aliphatic carbocycles. The zero-order valence-corrected chi connectivity index (χ0v) is 14.5. The van der Waals surface area contributed by atoms with E-state index in [1.54, 1.807) is 6.07 Å². The maximum atomic E-state index is 11.8. The molecule has 9 heteroatoms. The molecule has 27 heavy (non-hydrogen) atoms. The van der Waals surface area contributed by atoms with E-state index in [2.05, 4.69) is 15.8 Å². The molecule has 0 fully saturated rings. The molecule has 0 atom stereocenters. The number of nitrogens with zero attached hydrogens (tertiary/aromatic N) is 2. The Morgan fingerprint density at radius 3 is 2.56 bits per heavy atom. The number of hydrogen-bond donors (Lipinski definition) is 2. The second-order valence-corrected chi connectivity index (χ2v) is 5.41. The molecule has 0 saturated carbocycles. The maximum Gasteiger partial charge on any atom is 0.271 e. The molecule has 0 saturated heterocycles. The number of nitrogens with one attached hydrogen (secondary N) is 2. The molecule has 0 unspecified atom stereocenters. The van der Waals surface area contributed by atoms with E-state index >= 15 is 0 Å². The van der Waals surface area contributed by atoms with Gasteiger partial charge in [0.15, 0.2) is 6.61 Å². The summed E-state index contributed by atoms with van der Waals surface area (Å²) in [6, 6.07) is 12.9. The minimum Gasteiger partial charge on any atom is -0.385 e. The second-order valence-electron chi connectivity index (χ2n) is 5.41. The van der Waals surface area contributed by atoms with Gasteiger partial charge in [-0.25, -0.2) is 0 Å². The number of aryl methyl sites for hydroxylation is 1. The van der Waals surface area contributed by atoms with Gasteiger partial charge in [-0.1, -0.05) is 30.3 Å². The summed E-state index contributed by atoms with van der Waals surface area (Å²) in [6.07, 6.45) is 1.69. The van der Waals surface area contributed by atoms with Gasteiger partial charge in [-0.3, -0.25) is 19.7 Å². The van der Waals surface area contributed by atoms with Crippen LogP contribution in [0.1, 0.15) is 12.5 Å². The summed E-state index contributed by atoms with van der Waals surface area (Å²) < 4.78 is 0. The molecule has 2 N–H and O–H groups in total. The van der Waals surface area contributed by atoms with E-state index in [0.29, 0.717) is 5.69 Å². The van der Waals surface area contributed by atoms with Crippen LogP contribution in [0.5, 0.6) is 0 Å². The number of carbonyl (C=O) groups excluding carboxylic acids is 2.